The number of primary amides is 1. The molecule has 2 amide bonds. The predicted molar refractivity (Wildman–Crippen MR) is 110 cm³/mol. The fraction of sp³-hybridized carbons (Fsp3) is 0.450. The predicted octanol–water partition coefficient (Wildman–Crippen LogP) is 3.23. The molecule has 27 heavy (non-hydrogen) atoms. The van der Waals surface area contributed by atoms with E-state index in [-0.39, 0.29) is 10.9 Å². The van der Waals surface area contributed by atoms with Crippen LogP contribution in [0.2, 0.25) is 18.1 Å². The van der Waals surface area contributed by atoms with Crippen molar-refractivity contribution in [3.63, 3.8) is 0 Å². The highest BCUT2D eigenvalue weighted by Gasteiger charge is 2.37. The highest BCUT2D eigenvalue weighted by molar-refractivity contribution is 6.74. The first-order chi connectivity index (χ1) is 12.5. The summed E-state index contributed by atoms with van der Waals surface area (Å²) in [4.78, 5) is 28.6. The van der Waals surface area contributed by atoms with Crippen molar-refractivity contribution >= 4 is 31.0 Å². The van der Waals surface area contributed by atoms with Crippen LogP contribution in [-0.2, 0) is 9.22 Å². The van der Waals surface area contributed by atoms with E-state index in [1.807, 2.05) is 24.3 Å². The van der Waals surface area contributed by atoms with Crippen molar-refractivity contribution < 1.29 is 14.0 Å². The van der Waals surface area contributed by atoms with Gasteiger partial charge in [0.15, 0.2) is 8.32 Å². The van der Waals surface area contributed by atoms with E-state index in [4.69, 9.17) is 10.2 Å². The monoisotopic (exact) mass is 387 g/mol. The molecule has 1 aromatic heterocycles. The lowest BCUT2D eigenvalue weighted by molar-refractivity contribution is -0.120. The van der Waals surface area contributed by atoms with Crippen LogP contribution in [0.25, 0.3) is 10.9 Å². The van der Waals surface area contributed by atoms with Gasteiger partial charge in [-0.1, -0.05) is 39.0 Å². The van der Waals surface area contributed by atoms with Crippen molar-refractivity contribution in [2.24, 2.45) is 5.73 Å². The summed E-state index contributed by atoms with van der Waals surface area (Å²) in [5.74, 6) is -0.944. The molecule has 0 saturated carbocycles. The smallest absolute Gasteiger partial charge is 0.253 e. The number of nitrogens with one attached hydrogen (secondary N) is 1. The third kappa shape index (κ3) is 5.37. The van der Waals surface area contributed by atoms with Gasteiger partial charge < -0.3 is 15.5 Å². The molecular weight excluding hydrogens is 358 g/mol. The molecule has 3 N–H and O–H groups in total. The lowest BCUT2D eigenvalue weighted by Gasteiger charge is -2.36. The molecule has 0 aliphatic rings. The van der Waals surface area contributed by atoms with Crippen molar-refractivity contribution in [3.05, 3.63) is 42.1 Å². The Morgan fingerprint density at radius 2 is 1.93 bits per heavy atom. The number of para-hydroxylation sites is 1. The topological polar surface area (TPSA) is 94.3 Å². The van der Waals surface area contributed by atoms with Gasteiger partial charge in [-0.3, -0.25) is 14.6 Å². The van der Waals surface area contributed by atoms with Gasteiger partial charge in [0.1, 0.15) is 6.04 Å². The third-order valence-corrected chi connectivity index (χ3v) is 9.72. The molecule has 0 aliphatic carbocycles. The quantitative estimate of drug-likeness (QED) is 0.713. The normalized spacial score (nSPS) is 13.4. The lowest BCUT2D eigenvalue weighted by atomic mass is 10.1. The third-order valence-electron chi connectivity index (χ3n) is 5.18. The van der Waals surface area contributed by atoms with Crippen LogP contribution in [0.3, 0.4) is 0 Å². The van der Waals surface area contributed by atoms with E-state index in [1.165, 1.54) is 6.20 Å². The number of benzene rings is 1. The fourth-order valence-electron chi connectivity index (χ4n) is 2.37. The average Bonchev–Trinajstić information content (AvgIpc) is 2.59. The highest BCUT2D eigenvalue weighted by Crippen LogP contribution is 2.36. The minimum absolute atomic E-state index is 0.0786. The molecule has 7 heteroatoms. The summed E-state index contributed by atoms with van der Waals surface area (Å²) in [5.41, 5.74) is 6.68. The zero-order valence-electron chi connectivity index (χ0n) is 16.7. The maximum absolute atomic E-state index is 12.5. The Morgan fingerprint density at radius 3 is 2.56 bits per heavy atom. The maximum atomic E-state index is 12.5. The molecule has 1 aromatic carbocycles. The number of hydrogen-bond acceptors (Lipinski definition) is 4. The summed E-state index contributed by atoms with van der Waals surface area (Å²) in [6.45, 7) is 11.1. The van der Waals surface area contributed by atoms with Crippen LogP contribution >= 0.6 is 0 Å². The van der Waals surface area contributed by atoms with E-state index in [9.17, 15) is 9.59 Å². The summed E-state index contributed by atoms with van der Waals surface area (Å²) >= 11 is 0. The van der Waals surface area contributed by atoms with Gasteiger partial charge in [0.2, 0.25) is 5.91 Å². The van der Waals surface area contributed by atoms with E-state index in [1.54, 1.807) is 6.07 Å². The number of fused-ring (bicyclic) bond motifs is 1. The standard InChI is InChI=1S/C20H29N3O3Si/c1-20(2,3)27(4,5)26-11-10-17(18(21)24)23-19(25)15-12-14-8-6-7-9-16(14)22-13-15/h6-9,12-13,17H,10-11H2,1-5H3,(H2,21,24)(H,23,25)/t17-/m1/s1. The number of nitrogens with zero attached hydrogens (tertiary/aromatic N) is 1. The largest absolute Gasteiger partial charge is 0.417 e. The van der Waals surface area contributed by atoms with Crippen molar-refractivity contribution in [2.75, 3.05) is 6.61 Å². The van der Waals surface area contributed by atoms with Gasteiger partial charge in [0.05, 0.1) is 11.1 Å². The molecule has 0 radical (unpaired) electrons. The number of aromatic nitrogens is 1. The first kappa shape index (κ1) is 21.1. The molecule has 0 saturated heterocycles. The van der Waals surface area contributed by atoms with Crippen molar-refractivity contribution in [3.8, 4) is 0 Å². The number of pyridine rings is 1. The highest BCUT2D eigenvalue weighted by atomic mass is 28.4. The van der Waals surface area contributed by atoms with Crippen LogP contribution in [0.4, 0.5) is 0 Å². The van der Waals surface area contributed by atoms with E-state index in [0.29, 0.717) is 18.6 Å². The molecule has 6 nitrogen and oxygen atoms in total. The van der Waals surface area contributed by atoms with Crippen LogP contribution in [0.1, 0.15) is 37.6 Å². The minimum Gasteiger partial charge on any atom is -0.417 e. The van der Waals surface area contributed by atoms with Gasteiger partial charge in [0.25, 0.3) is 5.91 Å². The van der Waals surface area contributed by atoms with Gasteiger partial charge in [-0.05, 0) is 36.7 Å². The molecule has 1 heterocycles. The van der Waals surface area contributed by atoms with E-state index >= 15 is 0 Å². The molecule has 0 spiro atoms. The molecule has 0 fully saturated rings. The second-order valence-electron chi connectivity index (χ2n) is 8.24. The number of rotatable bonds is 7. The molecule has 2 aromatic rings. The second kappa shape index (κ2) is 8.18. The van der Waals surface area contributed by atoms with Crippen molar-refractivity contribution in [1.82, 2.24) is 10.3 Å². The first-order valence-electron chi connectivity index (χ1n) is 9.10. The fourth-order valence-corrected chi connectivity index (χ4v) is 3.43. The second-order valence-corrected chi connectivity index (χ2v) is 13.1. The average molecular weight is 388 g/mol. The summed E-state index contributed by atoms with van der Waals surface area (Å²) in [6.07, 6.45) is 1.84. The summed E-state index contributed by atoms with van der Waals surface area (Å²) in [6, 6.07) is 8.51. The molecule has 2 rings (SSSR count). The van der Waals surface area contributed by atoms with Gasteiger partial charge in [-0.25, -0.2) is 0 Å². The molecule has 1 atom stereocenters. The number of amides is 2. The first-order valence-corrected chi connectivity index (χ1v) is 12.0. The molecule has 146 valence electrons. The van der Waals surface area contributed by atoms with Gasteiger partial charge in [-0.15, -0.1) is 0 Å². The summed E-state index contributed by atoms with van der Waals surface area (Å²) < 4.78 is 6.09. The Balaban J connectivity index is 2.02. The van der Waals surface area contributed by atoms with E-state index < -0.39 is 20.3 Å². The minimum atomic E-state index is -1.92. The Kier molecular flexibility index (Phi) is 6.38. The Morgan fingerprint density at radius 1 is 1.26 bits per heavy atom. The SMILES string of the molecule is CC(C)(C)[Si](C)(C)OCC[C@@H](NC(=O)c1cnc2ccccc2c1)C(N)=O. The van der Waals surface area contributed by atoms with E-state index in [2.05, 4.69) is 44.2 Å². The zero-order valence-corrected chi connectivity index (χ0v) is 17.7. The summed E-state index contributed by atoms with van der Waals surface area (Å²) in [7, 11) is -1.92. The van der Waals surface area contributed by atoms with Crippen LogP contribution < -0.4 is 11.1 Å². The van der Waals surface area contributed by atoms with Gasteiger partial charge in [-0.2, -0.15) is 0 Å². The van der Waals surface area contributed by atoms with Crippen molar-refractivity contribution in [1.29, 1.82) is 0 Å². The van der Waals surface area contributed by atoms with Crippen LogP contribution in [0, 0.1) is 0 Å². The number of carbonyl (C=O) groups excluding carboxylic acids is 2. The number of carbonyl (C=O) groups is 2. The van der Waals surface area contributed by atoms with E-state index in [0.717, 1.165) is 10.9 Å². The molecular formula is C20H29N3O3Si. The summed E-state index contributed by atoms with van der Waals surface area (Å²) in [5, 5.41) is 3.65. The molecule has 0 unspecified atom stereocenters. The Hall–Kier alpha value is -2.25. The van der Waals surface area contributed by atoms with Gasteiger partial charge >= 0.3 is 0 Å². The molecule has 0 bridgehead atoms. The van der Waals surface area contributed by atoms with Crippen LogP contribution in [0.5, 0.6) is 0 Å². The maximum Gasteiger partial charge on any atom is 0.253 e. The van der Waals surface area contributed by atoms with Crippen molar-refractivity contribution in [2.45, 2.75) is 51.4 Å². The van der Waals surface area contributed by atoms with Crippen LogP contribution in [-0.4, -0.2) is 37.8 Å². The lowest BCUT2D eigenvalue weighted by Crippen LogP contribution is -2.47. The van der Waals surface area contributed by atoms with Gasteiger partial charge in [0, 0.05) is 18.2 Å². The molecule has 0 aliphatic heterocycles. The zero-order chi connectivity index (χ0) is 20.2. The Bertz CT molecular complexity index is 831. The number of nitrogens with two attached hydrogens (primary N) is 1. The Labute approximate surface area is 161 Å². The number of hydrogen-bond donors (Lipinski definition) is 2. The van der Waals surface area contributed by atoms with Crippen LogP contribution in [0.15, 0.2) is 36.5 Å².